The Morgan fingerprint density at radius 1 is 1.50 bits per heavy atom. The third-order valence-electron chi connectivity index (χ3n) is 2.70. The van der Waals surface area contributed by atoms with Crippen molar-refractivity contribution in [3.05, 3.63) is 29.8 Å². The van der Waals surface area contributed by atoms with Crippen LogP contribution in [-0.2, 0) is 11.2 Å². The third-order valence-corrected chi connectivity index (χ3v) is 3.31. The van der Waals surface area contributed by atoms with Crippen molar-refractivity contribution in [3.63, 3.8) is 0 Å². The van der Waals surface area contributed by atoms with Gasteiger partial charge < -0.3 is 10.0 Å². The van der Waals surface area contributed by atoms with Gasteiger partial charge in [0.2, 0.25) is 5.91 Å². The molecule has 1 aliphatic heterocycles. The number of hydrogen-bond donors (Lipinski definition) is 1. The van der Waals surface area contributed by atoms with E-state index in [1.54, 1.807) is 4.90 Å². The highest BCUT2D eigenvalue weighted by atomic mass is 79.9. The van der Waals surface area contributed by atoms with Crippen molar-refractivity contribution in [2.45, 2.75) is 17.7 Å². The van der Waals surface area contributed by atoms with Gasteiger partial charge in [0, 0.05) is 30.1 Å². The smallest absolute Gasteiger partial charge is 0.228 e. The van der Waals surface area contributed by atoms with E-state index in [2.05, 4.69) is 15.9 Å². The van der Waals surface area contributed by atoms with Gasteiger partial charge in [-0.25, -0.2) is 0 Å². The van der Waals surface area contributed by atoms with Crippen LogP contribution >= 0.6 is 15.9 Å². The molecule has 2 rings (SSSR count). The van der Waals surface area contributed by atoms with Crippen LogP contribution in [-0.4, -0.2) is 29.0 Å². The summed E-state index contributed by atoms with van der Waals surface area (Å²) >= 11 is 3.46. The maximum absolute atomic E-state index is 11.7. The Kier molecular flexibility index (Phi) is 3.61. The number of nitrogens with zero attached hydrogens (tertiary/aromatic N) is 1. The molecule has 1 fully saturated rings. The summed E-state index contributed by atoms with van der Waals surface area (Å²) in [5, 5.41) is 8.88. The molecule has 0 radical (unpaired) electrons. The van der Waals surface area contributed by atoms with E-state index in [0.717, 1.165) is 17.8 Å². The van der Waals surface area contributed by atoms with Crippen molar-refractivity contribution in [2.75, 3.05) is 18.1 Å². The number of carbonyl (C=O) groups excluding carboxylic acids is 1. The lowest BCUT2D eigenvalue weighted by Crippen LogP contribution is -2.24. The van der Waals surface area contributed by atoms with E-state index >= 15 is 0 Å². The van der Waals surface area contributed by atoms with Gasteiger partial charge >= 0.3 is 0 Å². The van der Waals surface area contributed by atoms with Crippen molar-refractivity contribution in [3.8, 4) is 0 Å². The summed E-state index contributed by atoms with van der Waals surface area (Å²) in [6.07, 6.45) is 1.19. The van der Waals surface area contributed by atoms with Gasteiger partial charge in [-0.3, -0.25) is 4.79 Å². The quantitative estimate of drug-likeness (QED) is 0.859. The Morgan fingerprint density at radius 2 is 2.31 bits per heavy atom. The van der Waals surface area contributed by atoms with E-state index in [-0.39, 0.29) is 17.3 Å². The predicted octanol–water partition coefficient (Wildman–Crippen LogP) is 1.72. The average molecular weight is 284 g/mol. The fourth-order valence-electron chi connectivity index (χ4n) is 1.92. The molecular formula is C12H14BrNO2. The number of aliphatic hydroxyl groups excluding tert-OH is 1. The summed E-state index contributed by atoms with van der Waals surface area (Å²) < 4.78 is 0. The Hall–Kier alpha value is -0.870. The molecule has 1 saturated heterocycles. The first-order valence-electron chi connectivity index (χ1n) is 5.35. The van der Waals surface area contributed by atoms with Crippen molar-refractivity contribution in [1.29, 1.82) is 0 Å². The SMILES string of the molecule is O=C1CC(Br)CN1c1cccc(CCO)c1. The highest BCUT2D eigenvalue weighted by molar-refractivity contribution is 9.09. The second-order valence-corrected chi connectivity index (χ2v) is 5.24. The van der Waals surface area contributed by atoms with Crippen LogP contribution in [0.15, 0.2) is 24.3 Å². The highest BCUT2D eigenvalue weighted by Gasteiger charge is 2.28. The van der Waals surface area contributed by atoms with Crippen LogP contribution in [0.3, 0.4) is 0 Å². The number of aliphatic hydroxyl groups is 1. The number of benzene rings is 1. The Labute approximate surface area is 103 Å². The largest absolute Gasteiger partial charge is 0.396 e. The molecule has 0 aromatic heterocycles. The number of amides is 1. The summed E-state index contributed by atoms with van der Waals surface area (Å²) in [4.78, 5) is 13.7. The summed E-state index contributed by atoms with van der Waals surface area (Å²) in [5.74, 6) is 0.156. The van der Waals surface area contributed by atoms with Crippen LogP contribution in [0, 0.1) is 0 Å². The second kappa shape index (κ2) is 4.97. The van der Waals surface area contributed by atoms with Gasteiger partial charge in [0.15, 0.2) is 0 Å². The Balaban J connectivity index is 2.20. The molecule has 1 atom stereocenters. The Morgan fingerprint density at radius 3 is 2.94 bits per heavy atom. The van der Waals surface area contributed by atoms with Crippen molar-refractivity contribution < 1.29 is 9.90 Å². The minimum Gasteiger partial charge on any atom is -0.396 e. The normalized spacial score (nSPS) is 20.5. The number of alkyl halides is 1. The lowest BCUT2D eigenvalue weighted by atomic mass is 10.1. The van der Waals surface area contributed by atoms with E-state index in [0.29, 0.717) is 12.8 Å². The fraction of sp³-hybridized carbons (Fsp3) is 0.417. The van der Waals surface area contributed by atoms with Crippen molar-refractivity contribution in [1.82, 2.24) is 0 Å². The average Bonchev–Trinajstić information content (AvgIpc) is 2.59. The van der Waals surface area contributed by atoms with Gasteiger partial charge in [-0.15, -0.1) is 0 Å². The number of halogens is 1. The fourth-order valence-corrected chi connectivity index (χ4v) is 2.49. The van der Waals surface area contributed by atoms with Gasteiger partial charge in [0.25, 0.3) is 0 Å². The molecule has 4 heteroatoms. The summed E-state index contributed by atoms with van der Waals surface area (Å²) in [6, 6.07) is 7.80. The highest BCUT2D eigenvalue weighted by Crippen LogP contribution is 2.25. The van der Waals surface area contributed by atoms with E-state index in [4.69, 9.17) is 5.11 Å². The molecule has 86 valence electrons. The maximum Gasteiger partial charge on any atom is 0.228 e. The topological polar surface area (TPSA) is 40.5 Å². The van der Waals surface area contributed by atoms with Gasteiger partial charge in [-0.2, -0.15) is 0 Å². The van der Waals surface area contributed by atoms with Gasteiger partial charge in [-0.05, 0) is 24.1 Å². The zero-order valence-electron chi connectivity index (χ0n) is 8.90. The van der Waals surface area contributed by atoms with Crippen LogP contribution in [0.2, 0.25) is 0 Å². The number of rotatable bonds is 3. The maximum atomic E-state index is 11.7. The second-order valence-electron chi connectivity index (χ2n) is 3.95. The monoisotopic (exact) mass is 283 g/mol. The van der Waals surface area contributed by atoms with Gasteiger partial charge in [0.05, 0.1) is 0 Å². The van der Waals surface area contributed by atoms with Crippen LogP contribution in [0.1, 0.15) is 12.0 Å². The van der Waals surface area contributed by atoms with E-state index in [1.165, 1.54) is 0 Å². The molecule has 1 aromatic rings. The lowest BCUT2D eigenvalue weighted by molar-refractivity contribution is -0.117. The standard InChI is InChI=1S/C12H14BrNO2/c13-10-7-12(16)14(8-10)11-3-1-2-9(6-11)4-5-15/h1-3,6,10,15H,4-5,7-8H2. The predicted molar refractivity (Wildman–Crippen MR) is 66.9 cm³/mol. The number of anilines is 1. The van der Waals surface area contributed by atoms with Crippen LogP contribution < -0.4 is 4.90 Å². The van der Waals surface area contributed by atoms with E-state index in [9.17, 15) is 4.79 Å². The molecule has 1 N–H and O–H groups in total. The molecular weight excluding hydrogens is 270 g/mol. The first-order valence-corrected chi connectivity index (χ1v) is 6.26. The molecule has 1 aliphatic rings. The lowest BCUT2D eigenvalue weighted by Gasteiger charge is -2.16. The molecule has 1 unspecified atom stereocenters. The van der Waals surface area contributed by atoms with Crippen LogP contribution in [0.5, 0.6) is 0 Å². The van der Waals surface area contributed by atoms with E-state index in [1.807, 2.05) is 24.3 Å². The zero-order valence-corrected chi connectivity index (χ0v) is 10.5. The molecule has 0 spiro atoms. The minimum absolute atomic E-state index is 0.137. The molecule has 0 aliphatic carbocycles. The number of hydrogen-bond acceptors (Lipinski definition) is 2. The van der Waals surface area contributed by atoms with E-state index < -0.39 is 0 Å². The molecule has 1 heterocycles. The first kappa shape index (κ1) is 11.6. The van der Waals surface area contributed by atoms with Crippen LogP contribution in [0.25, 0.3) is 0 Å². The van der Waals surface area contributed by atoms with Crippen molar-refractivity contribution >= 4 is 27.5 Å². The van der Waals surface area contributed by atoms with Crippen molar-refractivity contribution in [2.24, 2.45) is 0 Å². The minimum atomic E-state index is 0.137. The molecule has 3 nitrogen and oxygen atoms in total. The first-order chi connectivity index (χ1) is 7.70. The molecule has 1 aromatic carbocycles. The Bertz CT molecular complexity index is 394. The third kappa shape index (κ3) is 2.44. The number of carbonyl (C=O) groups is 1. The summed E-state index contributed by atoms with van der Waals surface area (Å²) in [7, 11) is 0. The molecule has 0 bridgehead atoms. The van der Waals surface area contributed by atoms with Gasteiger partial charge in [-0.1, -0.05) is 28.1 Å². The summed E-state index contributed by atoms with van der Waals surface area (Å²) in [5.41, 5.74) is 1.99. The molecule has 0 saturated carbocycles. The van der Waals surface area contributed by atoms with Crippen LogP contribution in [0.4, 0.5) is 5.69 Å². The zero-order chi connectivity index (χ0) is 11.5. The molecule has 16 heavy (non-hydrogen) atoms. The summed E-state index contributed by atoms with van der Waals surface area (Å²) in [6.45, 7) is 0.861. The molecule has 1 amide bonds. The van der Waals surface area contributed by atoms with Gasteiger partial charge in [0.1, 0.15) is 0 Å².